The predicted molar refractivity (Wildman–Crippen MR) is 72.8 cm³/mol. The summed E-state index contributed by atoms with van der Waals surface area (Å²) in [6.45, 7) is 2.49. The Morgan fingerprint density at radius 1 is 1.21 bits per heavy atom. The molecule has 3 nitrogen and oxygen atoms in total. The standard InChI is InChI=1S/C15H13FN2O/c1-10-3-2-4-11(7-10)9-18-14-6-5-12(16)8-13(14)17-15(18)19/h2-8H,9H2,1H3,(H,17,19). The molecule has 0 spiro atoms. The average molecular weight is 256 g/mol. The Morgan fingerprint density at radius 2 is 2.05 bits per heavy atom. The van der Waals surface area contributed by atoms with E-state index in [9.17, 15) is 9.18 Å². The number of hydrogen-bond acceptors (Lipinski definition) is 1. The highest BCUT2D eigenvalue weighted by atomic mass is 19.1. The van der Waals surface area contributed by atoms with Gasteiger partial charge in [-0.2, -0.15) is 0 Å². The van der Waals surface area contributed by atoms with Gasteiger partial charge in [-0.3, -0.25) is 4.57 Å². The second-order valence-electron chi connectivity index (χ2n) is 4.67. The number of rotatable bonds is 2. The third-order valence-electron chi connectivity index (χ3n) is 3.16. The maximum absolute atomic E-state index is 13.1. The summed E-state index contributed by atoms with van der Waals surface area (Å²) >= 11 is 0. The van der Waals surface area contributed by atoms with Crippen LogP contribution >= 0.6 is 0 Å². The van der Waals surface area contributed by atoms with Gasteiger partial charge in [-0.05, 0) is 30.7 Å². The fourth-order valence-electron chi connectivity index (χ4n) is 2.29. The number of aromatic nitrogens is 2. The lowest BCUT2D eigenvalue weighted by molar-refractivity contribution is 0.629. The van der Waals surface area contributed by atoms with E-state index < -0.39 is 0 Å². The number of fused-ring (bicyclic) bond motifs is 1. The van der Waals surface area contributed by atoms with E-state index in [4.69, 9.17) is 0 Å². The van der Waals surface area contributed by atoms with Crippen molar-refractivity contribution in [2.75, 3.05) is 0 Å². The third-order valence-corrected chi connectivity index (χ3v) is 3.16. The van der Waals surface area contributed by atoms with Gasteiger partial charge in [-0.1, -0.05) is 29.8 Å². The summed E-state index contributed by atoms with van der Waals surface area (Å²) in [6.07, 6.45) is 0. The van der Waals surface area contributed by atoms with Gasteiger partial charge in [0.15, 0.2) is 0 Å². The third kappa shape index (κ3) is 2.17. The van der Waals surface area contributed by atoms with Crippen LogP contribution in [0.15, 0.2) is 47.3 Å². The molecule has 0 saturated heterocycles. The van der Waals surface area contributed by atoms with Crippen LogP contribution in [0.3, 0.4) is 0 Å². The molecule has 0 radical (unpaired) electrons. The van der Waals surface area contributed by atoms with E-state index in [0.717, 1.165) is 11.1 Å². The normalized spacial score (nSPS) is 11.1. The first-order chi connectivity index (χ1) is 9.13. The molecule has 96 valence electrons. The summed E-state index contributed by atoms with van der Waals surface area (Å²) in [4.78, 5) is 14.6. The number of halogens is 1. The lowest BCUT2D eigenvalue weighted by atomic mass is 10.1. The number of H-pyrrole nitrogens is 1. The van der Waals surface area contributed by atoms with Gasteiger partial charge in [0.2, 0.25) is 0 Å². The van der Waals surface area contributed by atoms with Crippen LogP contribution in [0.2, 0.25) is 0 Å². The van der Waals surface area contributed by atoms with Gasteiger partial charge < -0.3 is 4.98 Å². The van der Waals surface area contributed by atoms with E-state index in [1.54, 1.807) is 10.6 Å². The van der Waals surface area contributed by atoms with Crippen molar-refractivity contribution in [3.63, 3.8) is 0 Å². The highest BCUT2D eigenvalue weighted by Crippen LogP contribution is 2.14. The van der Waals surface area contributed by atoms with E-state index in [1.807, 2.05) is 31.2 Å². The number of benzene rings is 2. The van der Waals surface area contributed by atoms with Crippen molar-refractivity contribution in [2.24, 2.45) is 0 Å². The number of nitrogens with zero attached hydrogens (tertiary/aromatic N) is 1. The minimum atomic E-state index is -0.351. The maximum Gasteiger partial charge on any atom is 0.326 e. The fourth-order valence-corrected chi connectivity index (χ4v) is 2.29. The quantitative estimate of drug-likeness (QED) is 0.752. The Kier molecular flexibility index (Phi) is 2.71. The molecule has 0 amide bonds. The second kappa shape index (κ2) is 4.39. The van der Waals surface area contributed by atoms with Crippen LogP contribution in [0.25, 0.3) is 11.0 Å². The number of imidazole rings is 1. The first-order valence-corrected chi connectivity index (χ1v) is 6.07. The van der Waals surface area contributed by atoms with Crippen LogP contribution < -0.4 is 5.69 Å². The van der Waals surface area contributed by atoms with Crippen molar-refractivity contribution in [2.45, 2.75) is 13.5 Å². The molecule has 0 aliphatic carbocycles. The lowest BCUT2D eigenvalue weighted by Crippen LogP contribution is -2.17. The van der Waals surface area contributed by atoms with Gasteiger partial charge in [0, 0.05) is 0 Å². The molecule has 4 heteroatoms. The average Bonchev–Trinajstić information content (AvgIpc) is 2.65. The van der Waals surface area contributed by atoms with Gasteiger partial charge in [0.25, 0.3) is 0 Å². The maximum atomic E-state index is 13.1. The molecular weight excluding hydrogens is 243 g/mol. The minimum absolute atomic E-state index is 0.220. The van der Waals surface area contributed by atoms with Gasteiger partial charge in [0.05, 0.1) is 17.6 Å². The summed E-state index contributed by atoms with van der Waals surface area (Å²) in [7, 11) is 0. The zero-order valence-corrected chi connectivity index (χ0v) is 10.5. The topological polar surface area (TPSA) is 37.8 Å². The molecule has 3 rings (SSSR count). The Morgan fingerprint density at radius 3 is 2.84 bits per heavy atom. The van der Waals surface area contributed by atoms with Crippen molar-refractivity contribution in [1.82, 2.24) is 9.55 Å². The number of hydrogen-bond donors (Lipinski definition) is 1. The highest BCUT2D eigenvalue weighted by Gasteiger charge is 2.07. The summed E-state index contributed by atoms with van der Waals surface area (Å²) in [6, 6.07) is 12.3. The Hall–Kier alpha value is -2.36. The molecule has 0 aliphatic heterocycles. The highest BCUT2D eigenvalue weighted by molar-refractivity contribution is 5.75. The van der Waals surface area contributed by atoms with Gasteiger partial charge in [0.1, 0.15) is 5.82 Å². The Bertz CT molecular complexity index is 801. The first kappa shape index (κ1) is 11.7. The molecule has 1 heterocycles. The summed E-state index contributed by atoms with van der Waals surface area (Å²) in [5.41, 5.74) is 3.22. The smallest absolute Gasteiger partial charge is 0.305 e. The van der Waals surface area contributed by atoms with E-state index in [1.165, 1.54) is 12.1 Å². The molecule has 1 N–H and O–H groups in total. The Balaban J connectivity index is 2.10. The molecule has 0 bridgehead atoms. The molecule has 0 unspecified atom stereocenters. The molecule has 0 atom stereocenters. The van der Waals surface area contributed by atoms with Crippen LogP contribution in [0.4, 0.5) is 4.39 Å². The largest absolute Gasteiger partial charge is 0.326 e. The zero-order chi connectivity index (χ0) is 13.4. The van der Waals surface area contributed by atoms with Crippen molar-refractivity contribution >= 4 is 11.0 Å². The number of aryl methyl sites for hydroxylation is 1. The molecule has 2 aromatic carbocycles. The zero-order valence-electron chi connectivity index (χ0n) is 10.5. The molecular formula is C15H13FN2O. The number of nitrogens with one attached hydrogen (secondary N) is 1. The molecule has 1 aromatic heterocycles. The van der Waals surface area contributed by atoms with E-state index in [0.29, 0.717) is 17.6 Å². The molecule has 3 aromatic rings. The minimum Gasteiger partial charge on any atom is -0.305 e. The van der Waals surface area contributed by atoms with Crippen molar-refractivity contribution in [1.29, 1.82) is 0 Å². The van der Waals surface area contributed by atoms with Gasteiger partial charge in [-0.15, -0.1) is 0 Å². The van der Waals surface area contributed by atoms with Crippen molar-refractivity contribution in [3.8, 4) is 0 Å². The first-order valence-electron chi connectivity index (χ1n) is 6.07. The number of aromatic amines is 1. The van der Waals surface area contributed by atoms with E-state index in [-0.39, 0.29) is 11.5 Å². The fraction of sp³-hybridized carbons (Fsp3) is 0.133. The molecule has 19 heavy (non-hydrogen) atoms. The summed E-state index contributed by atoms with van der Waals surface area (Å²) in [5, 5.41) is 0. The van der Waals surface area contributed by atoms with E-state index >= 15 is 0 Å². The van der Waals surface area contributed by atoms with Crippen LogP contribution in [0, 0.1) is 12.7 Å². The van der Waals surface area contributed by atoms with Crippen LogP contribution in [-0.2, 0) is 6.54 Å². The van der Waals surface area contributed by atoms with Gasteiger partial charge in [-0.25, -0.2) is 9.18 Å². The van der Waals surface area contributed by atoms with Gasteiger partial charge >= 0.3 is 5.69 Å². The molecule has 0 fully saturated rings. The van der Waals surface area contributed by atoms with Crippen molar-refractivity contribution < 1.29 is 4.39 Å². The SMILES string of the molecule is Cc1cccc(Cn2c(=O)[nH]c3cc(F)ccc32)c1. The summed E-state index contributed by atoms with van der Waals surface area (Å²) < 4.78 is 14.7. The Labute approximate surface area is 109 Å². The molecule has 0 aliphatic rings. The van der Waals surface area contributed by atoms with Crippen LogP contribution in [-0.4, -0.2) is 9.55 Å². The van der Waals surface area contributed by atoms with Crippen LogP contribution in [0.5, 0.6) is 0 Å². The second-order valence-corrected chi connectivity index (χ2v) is 4.67. The summed E-state index contributed by atoms with van der Waals surface area (Å²) in [5.74, 6) is -0.351. The lowest BCUT2D eigenvalue weighted by Gasteiger charge is -2.04. The predicted octanol–water partition coefficient (Wildman–Crippen LogP) is 2.83. The van der Waals surface area contributed by atoms with E-state index in [2.05, 4.69) is 4.98 Å². The monoisotopic (exact) mass is 256 g/mol. The molecule has 0 saturated carbocycles. The van der Waals surface area contributed by atoms with Crippen molar-refractivity contribution in [3.05, 3.63) is 69.9 Å². The van der Waals surface area contributed by atoms with Crippen LogP contribution in [0.1, 0.15) is 11.1 Å².